The average molecular weight is 505 g/mol. The summed E-state index contributed by atoms with van der Waals surface area (Å²) in [5.41, 5.74) is 6.22. The van der Waals surface area contributed by atoms with Crippen molar-refractivity contribution in [2.75, 3.05) is 0 Å². The van der Waals surface area contributed by atoms with Crippen molar-refractivity contribution in [2.45, 2.75) is 20.3 Å². The van der Waals surface area contributed by atoms with Crippen LogP contribution in [0.3, 0.4) is 0 Å². The number of para-hydroxylation sites is 5. The highest BCUT2D eigenvalue weighted by Gasteiger charge is 2.10. The van der Waals surface area contributed by atoms with Crippen LogP contribution in [0.25, 0.3) is 56.2 Å². The van der Waals surface area contributed by atoms with Crippen LogP contribution in [0.2, 0.25) is 0 Å². The molecule has 2 heteroatoms. The van der Waals surface area contributed by atoms with E-state index in [0.29, 0.717) is 0 Å². The Hall–Kier alpha value is -4.82. The Morgan fingerprint density at radius 3 is 1.38 bits per heavy atom. The van der Waals surface area contributed by atoms with Crippen LogP contribution in [-0.2, 0) is 0 Å². The lowest BCUT2D eigenvalue weighted by Gasteiger charge is -2.06. The monoisotopic (exact) mass is 504 g/mol. The number of benzene rings is 5. The molecule has 0 N–H and O–H groups in total. The summed E-state index contributed by atoms with van der Waals surface area (Å²) in [5.74, 6) is 0. The van der Waals surface area contributed by atoms with Gasteiger partial charge in [-0.1, -0.05) is 110 Å². The zero-order valence-corrected chi connectivity index (χ0v) is 22.5. The number of hydrogen-bond donors (Lipinski definition) is 0. The quantitative estimate of drug-likeness (QED) is 0.229. The summed E-state index contributed by atoms with van der Waals surface area (Å²) in [6, 6.07) is 46.9. The van der Waals surface area contributed by atoms with E-state index in [1.54, 1.807) is 0 Å². The molecule has 0 radical (unpaired) electrons. The molecule has 39 heavy (non-hydrogen) atoms. The number of rotatable bonds is 3. The highest BCUT2D eigenvalue weighted by Crippen LogP contribution is 2.31. The van der Waals surface area contributed by atoms with Crippen molar-refractivity contribution in [3.8, 4) is 11.4 Å². The lowest BCUT2D eigenvalue weighted by atomic mass is 10.2. The summed E-state index contributed by atoms with van der Waals surface area (Å²) in [7, 11) is 0. The highest BCUT2D eigenvalue weighted by atomic mass is 15.0. The van der Waals surface area contributed by atoms with Crippen molar-refractivity contribution in [3.63, 3.8) is 0 Å². The summed E-state index contributed by atoms with van der Waals surface area (Å²) in [5, 5.41) is 6.55. The van der Waals surface area contributed by atoms with E-state index in [9.17, 15) is 0 Å². The maximum Gasteiger partial charge on any atom is 0.0541 e. The van der Waals surface area contributed by atoms with Crippen molar-refractivity contribution in [1.82, 2.24) is 9.13 Å². The van der Waals surface area contributed by atoms with Crippen LogP contribution in [0.15, 0.2) is 133 Å². The first-order valence-electron chi connectivity index (χ1n) is 13.7. The topological polar surface area (TPSA) is 9.86 Å². The molecule has 0 bridgehead atoms. The smallest absolute Gasteiger partial charge is 0.0541 e. The second kappa shape index (κ2) is 10.9. The molecule has 0 saturated heterocycles. The molecule has 7 rings (SSSR count). The Kier molecular flexibility index (Phi) is 6.84. The van der Waals surface area contributed by atoms with Gasteiger partial charge < -0.3 is 9.13 Å². The third-order valence-corrected chi connectivity index (χ3v) is 7.25. The van der Waals surface area contributed by atoms with E-state index in [4.69, 9.17) is 0 Å². The molecule has 2 nitrogen and oxygen atoms in total. The molecule has 0 spiro atoms. The summed E-state index contributed by atoms with van der Waals surface area (Å²) in [4.78, 5) is 0. The largest absolute Gasteiger partial charge is 0.310 e. The minimum Gasteiger partial charge on any atom is -0.310 e. The number of fused-ring (bicyclic) bond motifs is 4. The molecule has 0 amide bonds. The van der Waals surface area contributed by atoms with Gasteiger partial charge in [0.25, 0.3) is 0 Å². The Bertz CT molecular complexity index is 1940. The van der Waals surface area contributed by atoms with Crippen LogP contribution in [0.4, 0.5) is 0 Å². The van der Waals surface area contributed by atoms with Crippen LogP contribution in [-0.4, -0.2) is 9.13 Å². The molecule has 0 aliphatic carbocycles. The zero-order chi connectivity index (χ0) is 26.6. The standard InChI is InChI=1S/C19H19N.C18H13N/c1-3-10-18-16(4-2)17-13-8-9-14-19(17)20(18)15-11-6-5-7-12-15;1-2-8-14(9-3-1)19-17-12-6-4-10-15(17)16-11-5-7-13-18(16)19/h4-14H,3H2,1-2H3;1-13H/b16-4-,18-10+;. The fraction of sp³-hybridized carbons (Fsp3) is 0.0811. The van der Waals surface area contributed by atoms with Crippen LogP contribution in [0, 0.1) is 0 Å². The highest BCUT2D eigenvalue weighted by molar-refractivity contribution is 6.09. The minimum absolute atomic E-state index is 1.03. The molecule has 2 heterocycles. The van der Waals surface area contributed by atoms with Gasteiger partial charge in [0.15, 0.2) is 0 Å². The van der Waals surface area contributed by atoms with Gasteiger partial charge in [0.2, 0.25) is 0 Å². The molecular weight excluding hydrogens is 472 g/mol. The lowest BCUT2D eigenvalue weighted by Crippen LogP contribution is -2.28. The minimum atomic E-state index is 1.03. The summed E-state index contributed by atoms with van der Waals surface area (Å²) in [6.07, 6.45) is 5.55. The predicted octanol–water partition coefficient (Wildman–Crippen LogP) is 8.41. The molecule has 2 aromatic heterocycles. The predicted molar refractivity (Wildman–Crippen MR) is 168 cm³/mol. The lowest BCUT2D eigenvalue weighted by molar-refractivity contribution is 1.06. The molecule has 5 aromatic carbocycles. The fourth-order valence-electron chi connectivity index (χ4n) is 5.62. The molecule has 190 valence electrons. The first-order chi connectivity index (χ1) is 19.3. The molecule has 0 aliphatic heterocycles. The van der Waals surface area contributed by atoms with E-state index in [1.165, 1.54) is 54.7 Å². The maximum absolute atomic E-state index is 2.36. The van der Waals surface area contributed by atoms with E-state index in [2.05, 4.69) is 169 Å². The van der Waals surface area contributed by atoms with Gasteiger partial charge in [-0.2, -0.15) is 0 Å². The van der Waals surface area contributed by atoms with Gasteiger partial charge in [-0.25, -0.2) is 0 Å². The van der Waals surface area contributed by atoms with E-state index in [-0.39, 0.29) is 0 Å². The van der Waals surface area contributed by atoms with E-state index >= 15 is 0 Å². The Morgan fingerprint density at radius 1 is 0.487 bits per heavy atom. The molecule has 0 unspecified atom stereocenters. The molecular formula is C37H32N2. The molecule has 0 atom stereocenters. The summed E-state index contributed by atoms with van der Waals surface area (Å²) in [6.45, 7) is 4.30. The van der Waals surface area contributed by atoms with Crippen molar-refractivity contribution in [1.29, 1.82) is 0 Å². The van der Waals surface area contributed by atoms with Crippen molar-refractivity contribution in [2.24, 2.45) is 0 Å². The van der Waals surface area contributed by atoms with Crippen LogP contribution in [0.5, 0.6) is 0 Å². The van der Waals surface area contributed by atoms with Gasteiger partial charge in [0.05, 0.1) is 16.6 Å². The molecule has 0 fully saturated rings. The second-order valence-corrected chi connectivity index (χ2v) is 9.59. The van der Waals surface area contributed by atoms with E-state index < -0.39 is 0 Å². The number of aromatic nitrogens is 2. The molecule has 0 aliphatic rings. The van der Waals surface area contributed by atoms with Gasteiger partial charge in [0, 0.05) is 38.1 Å². The third kappa shape index (κ3) is 4.45. The first-order valence-corrected chi connectivity index (χ1v) is 13.7. The Balaban J connectivity index is 0.000000142. The third-order valence-electron chi connectivity index (χ3n) is 7.25. The van der Waals surface area contributed by atoms with Gasteiger partial charge in [-0.15, -0.1) is 0 Å². The zero-order valence-electron chi connectivity index (χ0n) is 22.5. The van der Waals surface area contributed by atoms with E-state index in [1.807, 2.05) is 0 Å². The van der Waals surface area contributed by atoms with Gasteiger partial charge in [-0.3, -0.25) is 0 Å². The SMILES string of the molecule is C/C=c1\c(=C/CC)n(-c2ccccc2)c2ccccc12.c1ccc(-n2c3ccccc3c3ccccc32)cc1. The number of hydrogen-bond acceptors (Lipinski definition) is 0. The van der Waals surface area contributed by atoms with Gasteiger partial charge in [-0.05, 0) is 55.8 Å². The van der Waals surface area contributed by atoms with Crippen LogP contribution < -0.4 is 10.6 Å². The maximum atomic E-state index is 2.36. The molecule has 7 aromatic rings. The van der Waals surface area contributed by atoms with Gasteiger partial charge in [0.1, 0.15) is 0 Å². The molecule has 0 saturated carbocycles. The van der Waals surface area contributed by atoms with Crippen molar-refractivity contribution >= 4 is 44.9 Å². The Labute approximate surface area is 229 Å². The fourth-order valence-corrected chi connectivity index (χ4v) is 5.62. The summed E-state index contributed by atoms with van der Waals surface area (Å²) < 4.78 is 4.68. The van der Waals surface area contributed by atoms with Crippen LogP contribution in [0.1, 0.15) is 20.3 Å². The van der Waals surface area contributed by atoms with Gasteiger partial charge >= 0.3 is 0 Å². The van der Waals surface area contributed by atoms with E-state index in [0.717, 1.165) is 6.42 Å². The van der Waals surface area contributed by atoms with Crippen molar-refractivity contribution < 1.29 is 0 Å². The summed E-state index contributed by atoms with van der Waals surface area (Å²) >= 11 is 0. The second-order valence-electron chi connectivity index (χ2n) is 9.59. The van der Waals surface area contributed by atoms with Crippen molar-refractivity contribution in [3.05, 3.63) is 144 Å². The van der Waals surface area contributed by atoms with Crippen LogP contribution >= 0.6 is 0 Å². The Morgan fingerprint density at radius 2 is 0.897 bits per heavy atom. The number of nitrogens with zero attached hydrogens (tertiary/aromatic N) is 2. The first kappa shape index (κ1) is 24.5. The normalized spacial score (nSPS) is 12.3. The average Bonchev–Trinajstić information content (AvgIpc) is 3.51.